The van der Waals surface area contributed by atoms with Gasteiger partial charge in [-0.3, -0.25) is 9.59 Å². The number of halogens is 2. The molecule has 2 aromatic carbocycles. The van der Waals surface area contributed by atoms with Crippen LogP contribution in [0.2, 0.25) is 10.0 Å². The normalized spacial score (nSPS) is 11.4. The van der Waals surface area contributed by atoms with Gasteiger partial charge in [0.05, 0.1) is 10.6 Å². The SMILES string of the molecule is CC(=O)Nc1ccc(NC(=O)[C@H](C)OC(=O)c2cc(Cl)ccc2Cl)cc1. The van der Waals surface area contributed by atoms with E-state index in [1.54, 1.807) is 30.3 Å². The van der Waals surface area contributed by atoms with Gasteiger partial charge in [0.2, 0.25) is 5.91 Å². The molecule has 2 aromatic rings. The molecule has 0 bridgehead atoms. The molecule has 0 heterocycles. The molecule has 0 aliphatic rings. The summed E-state index contributed by atoms with van der Waals surface area (Å²) in [6.07, 6.45) is -1.05. The van der Waals surface area contributed by atoms with Crippen LogP contribution < -0.4 is 10.6 Å². The summed E-state index contributed by atoms with van der Waals surface area (Å²) in [4.78, 5) is 35.3. The molecule has 136 valence electrons. The van der Waals surface area contributed by atoms with Crippen LogP contribution in [0.3, 0.4) is 0 Å². The number of hydrogen-bond donors (Lipinski definition) is 2. The van der Waals surface area contributed by atoms with Crippen molar-refractivity contribution >= 4 is 52.4 Å². The second kappa shape index (κ2) is 8.69. The van der Waals surface area contributed by atoms with E-state index in [2.05, 4.69) is 10.6 Å². The maximum Gasteiger partial charge on any atom is 0.340 e. The molecule has 8 heteroatoms. The van der Waals surface area contributed by atoms with Crippen molar-refractivity contribution in [2.75, 3.05) is 10.6 Å². The first kappa shape index (κ1) is 19.8. The standard InChI is InChI=1S/C18H16Cl2N2O4/c1-10(26-18(25)15-9-12(19)3-8-16(15)20)17(24)22-14-6-4-13(5-7-14)21-11(2)23/h3-10H,1-2H3,(H,21,23)(H,22,24)/t10-/m0/s1. The molecule has 2 N–H and O–H groups in total. The zero-order valence-corrected chi connectivity index (χ0v) is 15.5. The Balaban J connectivity index is 1.97. The number of amides is 2. The lowest BCUT2D eigenvalue weighted by Crippen LogP contribution is -2.30. The van der Waals surface area contributed by atoms with Crippen molar-refractivity contribution in [3.8, 4) is 0 Å². The van der Waals surface area contributed by atoms with Crippen molar-refractivity contribution in [2.24, 2.45) is 0 Å². The monoisotopic (exact) mass is 394 g/mol. The highest BCUT2D eigenvalue weighted by Gasteiger charge is 2.21. The molecule has 0 aliphatic heterocycles. The third-order valence-electron chi connectivity index (χ3n) is 3.27. The number of anilines is 2. The maximum atomic E-state index is 12.2. The summed E-state index contributed by atoms with van der Waals surface area (Å²) >= 11 is 11.8. The number of benzene rings is 2. The summed E-state index contributed by atoms with van der Waals surface area (Å²) in [6, 6.07) is 10.9. The molecular formula is C18H16Cl2N2O4. The van der Waals surface area contributed by atoms with Crippen LogP contribution in [0.5, 0.6) is 0 Å². The van der Waals surface area contributed by atoms with E-state index in [1.807, 2.05) is 0 Å². The molecular weight excluding hydrogens is 379 g/mol. The van der Waals surface area contributed by atoms with Gasteiger partial charge in [-0.2, -0.15) is 0 Å². The van der Waals surface area contributed by atoms with Crippen LogP contribution in [0.1, 0.15) is 24.2 Å². The van der Waals surface area contributed by atoms with E-state index < -0.39 is 18.0 Å². The molecule has 0 saturated carbocycles. The van der Waals surface area contributed by atoms with Crippen LogP contribution in [-0.2, 0) is 14.3 Å². The molecule has 0 radical (unpaired) electrons. The highest BCUT2D eigenvalue weighted by molar-refractivity contribution is 6.35. The number of carbonyl (C=O) groups excluding carboxylic acids is 3. The topological polar surface area (TPSA) is 84.5 Å². The van der Waals surface area contributed by atoms with Crippen LogP contribution in [0.25, 0.3) is 0 Å². The van der Waals surface area contributed by atoms with E-state index >= 15 is 0 Å². The van der Waals surface area contributed by atoms with Gasteiger partial charge in [-0.05, 0) is 49.4 Å². The van der Waals surface area contributed by atoms with Crippen molar-refractivity contribution in [3.05, 3.63) is 58.1 Å². The van der Waals surface area contributed by atoms with Gasteiger partial charge in [-0.15, -0.1) is 0 Å². The number of nitrogens with one attached hydrogen (secondary N) is 2. The minimum absolute atomic E-state index is 0.0819. The van der Waals surface area contributed by atoms with E-state index in [0.717, 1.165) is 0 Å². The first-order valence-corrected chi connectivity index (χ1v) is 8.36. The Kier molecular flexibility index (Phi) is 6.60. The van der Waals surface area contributed by atoms with Gasteiger partial charge in [-0.1, -0.05) is 23.2 Å². The zero-order chi connectivity index (χ0) is 19.3. The molecule has 0 aromatic heterocycles. The third-order valence-corrected chi connectivity index (χ3v) is 3.84. The summed E-state index contributed by atoms with van der Waals surface area (Å²) in [5.74, 6) is -1.45. The Morgan fingerprint density at radius 3 is 2.12 bits per heavy atom. The molecule has 2 amide bonds. The maximum absolute atomic E-state index is 12.2. The van der Waals surface area contributed by atoms with Gasteiger partial charge >= 0.3 is 5.97 Å². The first-order valence-electron chi connectivity index (χ1n) is 7.61. The number of ether oxygens (including phenoxy) is 1. The van der Waals surface area contributed by atoms with Gasteiger partial charge in [0.1, 0.15) is 0 Å². The van der Waals surface area contributed by atoms with Crippen molar-refractivity contribution in [1.82, 2.24) is 0 Å². The Labute approximate surface area is 160 Å². The fourth-order valence-electron chi connectivity index (χ4n) is 2.02. The van der Waals surface area contributed by atoms with Gasteiger partial charge in [-0.25, -0.2) is 4.79 Å². The van der Waals surface area contributed by atoms with Crippen LogP contribution >= 0.6 is 23.2 Å². The summed E-state index contributed by atoms with van der Waals surface area (Å²) in [6.45, 7) is 2.84. The fourth-order valence-corrected chi connectivity index (χ4v) is 2.38. The second-order valence-electron chi connectivity index (χ2n) is 5.42. The predicted molar refractivity (Wildman–Crippen MR) is 101 cm³/mol. The minimum Gasteiger partial charge on any atom is -0.449 e. The first-order chi connectivity index (χ1) is 12.3. The lowest BCUT2D eigenvalue weighted by Gasteiger charge is -2.14. The average molecular weight is 395 g/mol. The minimum atomic E-state index is -1.05. The van der Waals surface area contributed by atoms with Crippen LogP contribution in [0.15, 0.2) is 42.5 Å². The number of hydrogen-bond acceptors (Lipinski definition) is 4. The van der Waals surface area contributed by atoms with Gasteiger partial charge < -0.3 is 15.4 Å². The largest absolute Gasteiger partial charge is 0.449 e. The molecule has 6 nitrogen and oxygen atoms in total. The Hall–Kier alpha value is -2.57. The zero-order valence-electron chi connectivity index (χ0n) is 14.0. The summed E-state index contributed by atoms with van der Waals surface area (Å²) < 4.78 is 5.13. The summed E-state index contributed by atoms with van der Waals surface area (Å²) in [7, 11) is 0. The molecule has 0 saturated heterocycles. The van der Waals surface area contributed by atoms with E-state index in [-0.39, 0.29) is 16.5 Å². The molecule has 26 heavy (non-hydrogen) atoms. The molecule has 0 aliphatic carbocycles. The van der Waals surface area contributed by atoms with Gasteiger partial charge in [0.25, 0.3) is 5.91 Å². The van der Waals surface area contributed by atoms with Crippen molar-refractivity contribution in [3.63, 3.8) is 0 Å². The number of carbonyl (C=O) groups is 3. The second-order valence-corrected chi connectivity index (χ2v) is 6.26. The van der Waals surface area contributed by atoms with Crippen LogP contribution in [-0.4, -0.2) is 23.9 Å². The summed E-state index contributed by atoms with van der Waals surface area (Å²) in [5, 5.41) is 5.75. The Morgan fingerprint density at radius 1 is 0.962 bits per heavy atom. The molecule has 0 unspecified atom stereocenters. The molecule has 1 atom stereocenters. The van der Waals surface area contributed by atoms with E-state index in [4.69, 9.17) is 27.9 Å². The van der Waals surface area contributed by atoms with Crippen molar-refractivity contribution < 1.29 is 19.1 Å². The van der Waals surface area contributed by atoms with Crippen LogP contribution in [0.4, 0.5) is 11.4 Å². The Morgan fingerprint density at radius 2 is 1.54 bits per heavy atom. The van der Waals surface area contributed by atoms with E-state index in [0.29, 0.717) is 16.4 Å². The van der Waals surface area contributed by atoms with Gasteiger partial charge in [0.15, 0.2) is 6.10 Å². The average Bonchev–Trinajstić information content (AvgIpc) is 2.58. The predicted octanol–water partition coefficient (Wildman–Crippen LogP) is 4.14. The quantitative estimate of drug-likeness (QED) is 0.746. The van der Waals surface area contributed by atoms with E-state index in [1.165, 1.54) is 26.0 Å². The molecule has 0 spiro atoms. The summed E-state index contributed by atoms with van der Waals surface area (Å²) in [5.41, 5.74) is 1.18. The molecule has 2 rings (SSSR count). The smallest absolute Gasteiger partial charge is 0.340 e. The van der Waals surface area contributed by atoms with Crippen molar-refractivity contribution in [1.29, 1.82) is 0 Å². The Bertz CT molecular complexity index is 838. The highest BCUT2D eigenvalue weighted by atomic mass is 35.5. The lowest BCUT2D eigenvalue weighted by molar-refractivity contribution is -0.123. The fraction of sp³-hybridized carbons (Fsp3) is 0.167. The van der Waals surface area contributed by atoms with E-state index in [9.17, 15) is 14.4 Å². The van der Waals surface area contributed by atoms with Gasteiger partial charge in [0, 0.05) is 23.3 Å². The third kappa shape index (κ3) is 5.47. The number of esters is 1. The lowest BCUT2D eigenvalue weighted by atomic mass is 10.2. The highest BCUT2D eigenvalue weighted by Crippen LogP contribution is 2.22. The number of rotatable bonds is 5. The van der Waals surface area contributed by atoms with Crippen molar-refractivity contribution in [2.45, 2.75) is 20.0 Å². The molecule has 0 fully saturated rings. The van der Waals surface area contributed by atoms with Crippen LogP contribution in [0, 0.1) is 0 Å².